The fraction of sp³-hybridized carbons (Fsp3) is 0.417. The van der Waals surface area contributed by atoms with Crippen molar-refractivity contribution in [2.75, 3.05) is 20.1 Å². The summed E-state index contributed by atoms with van der Waals surface area (Å²) in [6.45, 7) is 10.0. The van der Waals surface area contributed by atoms with Crippen LogP contribution >= 0.6 is 0 Å². The number of nitrogens with zero attached hydrogens (tertiary/aromatic N) is 1. The first kappa shape index (κ1) is 25.2. The van der Waals surface area contributed by atoms with E-state index in [1.165, 1.54) is 6.20 Å². The van der Waals surface area contributed by atoms with Gasteiger partial charge in [0.05, 0.1) is 11.3 Å². The molecule has 0 radical (unpaired) electrons. The van der Waals surface area contributed by atoms with Gasteiger partial charge in [0.25, 0.3) is 0 Å². The number of ketones is 1. The molecule has 0 fully saturated rings. The van der Waals surface area contributed by atoms with Crippen molar-refractivity contribution in [3.8, 4) is 0 Å². The highest BCUT2D eigenvalue weighted by molar-refractivity contribution is 6.27. The Labute approximate surface area is 181 Å². The van der Waals surface area contributed by atoms with Crippen LogP contribution in [0.5, 0.6) is 0 Å². The van der Waals surface area contributed by atoms with Gasteiger partial charge >= 0.3 is 0 Å². The number of amidine groups is 1. The molecular weight excluding hydrogens is 374 g/mol. The zero-order valence-corrected chi connectivity index (χ0v) is 19.0. The fourth-order valence-electron chi connectivity index (χ4n) is 2.90. The van der Waals surface area contributed by atoms with Crippen molar-refractivity contribution in [1.82, 2.24) is 15.6 Å². The highest BCUT2D eigenvalue weighted by Gasteiger charge is 2.20. The molecule has 0 saturated heterocycles. The van der Waals surface area contributed by atoms with Gasteiger partial charge in [-0.1, -0.05) is 38.2 Å². The minimum Gasteiger partial charge on any atom is -0.404 e. The predicted molar refractivity (Wildman–Crippen MR) is 129 cm³/mol. The van der Waals surface area contributed by atoms with Gasteiger partial charge in [-0.3, -0.25) is 9.79 Å². The average molecular weight is 412 g/mol. The smallest absolute Gasteiger partial charge is 0.214 e. The van der Waals surface area contributed by atoms with E-state index in [-0.39, 0.29) is 5.78 Å². The molecule has 6 heteroatoms. The number of aromatic nitrogens is 1. The van der Waals surface area contributed by atoms with Crippen molar-refractivity contribution in [1.29, 1.82) is 0 Å². The summed E-state index contributed by atoms with van der Waals surface area (Å²) >= 11 is 0. The summed E-state index contributed by atoms with van der Waals surface area (Å²) in [5, 5.41) is 6.58. The summed E-state index contributed by atoms with van der Waals surface area (Å²) in [6, 6.07) is 1.85. The standard InChI is InChI=1S/C24H37N5O/c1-6-9-13-19-16-22(28-18(19)4)23(30)21(17-25)24(26-5)29-20(12-7-2)14-10-11-15-27-8-3/h7,9,12-14,16-17,27-28H,6,8,10-11,15,25H2,1-5H3,(H,26,29)/b12-7-,13-9-,20-14+,21-17?. The van der Waals surface area contributed by atoms with Gasteiger partial charge in [0.2, 0.25) is 5.78 Å². The Morgan fingerprint density at radius 2 is 2.10 bits per heavy atom. The zero-order valence-electron chi connectivity index (χ0n) is 19.0. The van der Waals surface area contributed by atoms with E-state index < -0.39 is 0 Å². The summed E-state index contributed by atoms with van der Waals surface area (Å²) in [6.07, 6.45) is 14.3. The second kappa shape index (κ2) is 14.2. The summed E-state index contributed by atoms with van der Waals surface area (Å²) in [4.78, 5) is 20.6. The molecule has 164 valence electrons. The van der Waals surface area contributed by atoms with Gasteiger partial charge in [-0.05, 0) is 63.9 Å². The largest absolute Gasteiger partial charge is 0.404 e. The minimum absolute atomic E-state index is 0.197. The number of hydrogen-bond donors (Lipinski definition) is 4. The highest BCUT2D eigenvalue weighted by Crippen LogP contribution is 2.16. The average Bonchev–Trinajstić information content (AvgIpc) is 3.12. The summed E-state index contributed by atoms with van der Waals surface area (Å²) in [5.74, 6) is 0.244. The van der Waals surface area contributed by atoms with Crippen molar-refractivity contribution in [2.45, 2.75) is 47.0 Å². The number of Topliss-reactive ketones (excluding diaryl/α,β-unsaturated/α-hetero) is 1. The number of nitrogens with one attached hydrogen (secondary N) is 3. The van der Waals surface area contributed by atoms with Crippen LogP contribution in [0.1, 0.15) is 61.8 Å². The van der Waals surface area contributed by atoms with Crippen molar-refractivity contribution >= 4 is 17.7 Å². The van der Waals surface area contributed by atoms with E-state index in [9.17, 15) is 4.79 Å². The van der Waals surface area contributed by atoms with Gasteiger partial charge in [-0.2, -0.15) is 0 Å². The number of H-pyrrole nitrogens is 1. The van der Waals surface area contributed by atoms with Crippen LogP contribution in [0.4, 0.5) is 0 Å². The molecule has 0 aliphatic heterocycles. The molecule has 0 bridgehead atoms. The molecular formula is C24H37N5O. The molecule has 0 spiro atoms. The van der Waals surface area contributed by atoms with Crippen LogP contribution in [0.25, 0.3) is 6.08 Å². The number of rotatable bonds is 12. The van der Waals surface area contributed by atoms with Crippen molar-refractivity contribution in [2.24, 2.45) is 10.7 Å². The maximum Gasteiger partial charge on any atom is 0.214 e. The molecule has 0 saturated carbocycles. The number of allylic oxidation sites excluding steroid dienone is 4. The quantitative estimate of drug-likeness (QED) is 0.103. The van der Waals surface area contributed by atoms with E-state index >= 15 is 0 Å². The first-order valence-corrected chi connectivity index (χ1v) is 10.6. The number of aromatic amines is 1. The van der Waals surface area contributed by atoms with Crippen LogP contribution in [0.2, 0.25) is 0 Å². The first-order valence-electron chi connectivity index (χ1n) is 10.6. The Hall–Kier alpha value is -2.86. The third-order valence-electron chi connectivity index (χ3n) is 4.50. The molecule has 0 atom stereocenters. The van der Waals surface area contributed by atoms with Crippen molar-refractivity contribution in [3.63, 3.8) is 0 Å². The van der Waals surface area contributed by atoms with Crippen molar-refractivity contribution < 1.29 is 4.79 Å². The van der Waals surface area contributed by atoms with Gasteiger partial charge in [-0.15, -0.1) is 0 Å². The highest BCUT2D eigenvalue weighted by atomic mass is 16.1. The van der Waals surface area contributed by atoms with Crippen LogP contribution in [0.3, 0.4) is 0 Å². The molecule has 1 aromatic heterocycles. The van der Waals surface area contributed by atoms with E-state index in [4.69, 9.17) is 5.73 Å². The van der Waals surface area contributed by atoms with Gasteiger partial charge < -0.3 is 21.4 Å². The first-order chi connectivity index (χ1) is 14.5. The second-order valence-corrected chi connectivity index (χ2v) is 6.84. The maximum atomic E-state index is 13.1. The fourth-order valence-corrected chi connectivity index (χ4v) is 2.90. The number of unbranched alkanes of at least 4 members (excludes halogenated alkanes) is 1. The number of aliphatic imine (C=N–C) groups is 1. The Kier molecular flexibility index (Phi) is 11.9. The molecule has 0 aliphatic carbocycles. The third kappa shape index (κ3) is 7.87. The predicted octanol–water partition coefficient (Wildman–Crippen LogP) is 4.24. The molecule has 0 amide bonds. The Bertz CT molecular complexity index is 825. The molecule has 0 aliphatic rings. The third-order valence-corrected chi connectivity index (χ3v) is 4.50. The van der Waals surface area contributed by atoms with E-state index in [0.717, 1.165) is 49.3 Å². The van der Waals surface area contributed by atoms with Gasteiger partial charge in [0.1, 0.15) is 5.84 Å². The van der Waals surface area contributed by atoms with Gasteiger partial charge in [0, 0.05) is 24.6 Å². The van der Waals surface area contributed by atoms with Gasteiger partial charge in [-0.25, -0.2) is 0 Å². The Morgan fingerprint density at radius 3 is 2.70 bits per heavy atom. The molecule has 0 aromatic carbocycles. The van der Waals surface area contributed by atoms with E-state index in [2.05, 4.69) is 46.6 Å². The lowest BCUT2D eigenvalue weighted by molar-refractivity contribution is 0.103. The van der Waals surface area contributed by atoms with E-state index in [1.54, 1.807) is 7.05 Å². The number of hydrogen-bond acceptors (Lipinski definition) is 4. The lowest BCUT2D eigenvalue weighted by atomic mass is 10.1. The summed E-state index contributed by atoms with van der Waals surface area (Å²) in [5.41, 5.74) is 9.48. The molecule has 30 heavy (non-hydrogen) atoms. The van der Waals surface area contributed by atoms with Crippen LogP contribution in [-0.2, 0) is 0 Å². The second-order valence-electron chi connectivity index (χ2n) is 6.84. The molecule has 1 rings (SSSR count). The van der Waals surface area contributed by atoms with Crippen LogP contribution in [0, 0.1) is 6.92 Å². The van der Waals surface area contributed by atoms with Crippen LogP contribution in [-0.4, -0.2) is 36.7 Å². The van der Waals surface area contributed by atoms with Crippen LogP contribution < -0.4 is 16.4 Å². The number of carbonyl (C=O) groups excluding carboxylic acids is 1. The number of aryl methyl sites for hydroxylation is 1. The Balaban J connectivity index is 3.01. The molecule has 6 nitrogen and oxygen atoms in total. The zero-order chi connectivity index (χ0) is 22.4. The SMILES string of the molecule is C/C=C\C(=C/CCCNCC)NC(=NC)C(=CN)C(=O)c1cc(/C=C\CC)c(C)[nH]1. The van der Waals surface area contributed by atoms with E-state index in [1.807, 2.05) is 38.1 Å². The lowest BCUT2D eigenvalue weighted by Crippen LogP contribution is -2.29. The monoisotopic (exact) mass is 411 g/mol. The molecule has 1 aromatic rings. The van der Waals surface area contributed by atoms with Gasteiger partial charge in [0.15, 0.2) is 0 Å². The van der Waals surface area contributed by atoms with Crippen LogP contribution in [0.15, 0.2) is 52.8 Å². The van der Waals surface area contributed by atoms with E-state index in [0.29, 0.717) is 17.1 Å². The minimum atomic E-state index is -0.197. The normalized spacial score (nSPS) is 13.6. The van der Waals surface area contributed by atoms with Crippen molar-refractivity contribution in [3.05, 3.63) is 64.8 Å². The lowest BCUT2D eigenvalue weighted by Gasteiger charge is -2.13. The maximum absolute atomic E-state index is 13.1. The molecule has 5 N–H and O–H groups in total. The topological polar surface area (TPSA) is 95.3 Å². The number of nitrogens with two attached hydrogens (primary N) is 1. The summed E-state index contributed by atoms with van der Waals surface area (Å²) in [7, 11) is 1.65. The molecule has 1 heterocycles. The number of carbonyl (C=O) groups is 1. The Morgan fingerprint density at radius 1 is 1.33 bits per heavy atom. The summed E-state index contributed by atoms with van der Waals surface area (Å²) < 4.78 is 0. The molecule has 0 unspecified atom stereocenters.